The Morgan fingerprint density at radius 3 is 1.77 bits per heavy atom. The van der Waals surface area contributed by atoms with Crippen molar-refractivity contribution in [2.45, 2.75) is 149 Å². The van der Waals surface area contributed by atoms with Crippen LogP contribution in [-0.4, -0.2) is 91.6 Å². The summed E-state index contributed by atoms with van der Waals surface area (Å²) in [6.07, 6.45) is 0.890. The van der Waals surface area contributed by atoms with Gasteiger partial charge in [0.25, 0.3) is 0 Å². The molecule has 0 aromatic heterocycles. The molecule has 1 aliphatic heterocycles. The lowest BCUT2D eigenvalue weighted by Crippen LogP contribution is -2.57. The minimum atomic E-state index is -2.49. The van der Waals surface area contributed by atoms with E-state index < -0.39 is 44.1 Å². The van der Waals surface area contributed by atoms with E-state index in [1.54, 1.807) is 4.90 Å². The molecule has 3 aromatic rings. The van der Waals surface area contributed by atoms with Gasteiger partial charge in [0, 0.05) is 31.6 Å². The van der Waals surface area contributed by atoms with Gasteiger partial charge in [0.05, 0.1) is 12.1 Å². The molecule has 2 N–H and O–H groups in total. The fourth-order valence-electron chi connectivity index (χ4n) is 7.63. The van der Waals surface area contributed by atoms with Crippen molar-refractivity contribution in [2.24, 2.45) is 11.8 Å². The number of ether oxygens (including phenoxy) is 2. The lowest BCUT2D eigenvalue weighted by Gasteiger charge is -2.42. The number of piperidine rings is 1. The molecule has 0 bridgehead atoms. The van der Waals surface area contributed by atoms with E-state index in [0.29, 0.717) is 45.3 Å². The lowest BCUT2D eigenvalue weighted by molar-refractivity contribution is -0.140. The number of hydrogen-bond acceptors (Lipinski definition) is 7. The number of alkyl carbamates (subject to hydrolysis) is 1. The molecular weight excluding hydrogens is 797 g/mol. The minimum Gasteiger partial charge on any atom is -0.445 e. The molecule has 0 radical (unpaired) electrons. The molecule has 4 atom stereocenters. The van der Waals surface area contributed by atoms with Crippen molar-refractivity contribution in [3.8, 4) is 0 Å². The van der Waals surface area contributed by atoms with Crippen LogP contribution in [-0.2, 0) is 42.9 Å². The Kier molecular flexibility index (Phi) is 18.2. The molecule has 0 unspecified atom stereocenters. The third-order valence-electron chi connectivity index (χ3n) is 12.1. The smallest absolute Gasteiger partial charge is 0.410 e. The molecule has 3 aromatic carbocycles. The van der Waals surface area contributed by atoms with E-state index in [0.717, 1.165) is 16.7 Å². The Morgan fingerprint density at radius 2 is 1.29 bits per heavy atom. The average molecular weight is 871 g/mol. The molecule has 1 heterocycles. The molecule has 4 rings (SSSR count). The van der Waals surface area contributed by atoms with Gasteiger partial charge in [-0.2, -0.15) is 0 Å². The maximum Gasteiger partial charge on any atom is 0.410 e. The Bertz CT molecular complexity index is 1860. The van der Waals surface area contributed by atoms with E-state index >= 15 is 0 Å². The van der Waals surface area contributed by atoms with Crippen molar-refractivity contribution >= 4 is 32.3 Å². The summed E-state index contributed by atoms with van der Waals surface area (Å²) in [6, 6.07) is 28.1. The van der Waals surface area contributed by atoms with Crippen molar-refractivity contribution in [2.75, 3.05) is 19.6 Å². The second-order valence-electron chi connectivity index (χ2n) is 19.6. The van der Waals surface area contributed by atoms with Gasteiger partial charge in [-0.1, -0.05) is 126 Å². The normalized spacial score (nSPS) is 15.8. The Hall–Kier alpha value is -4.68. The molecule has 4 amide bonds. The van der Waals surface area contributed by atoms with Crippen LogP contribution in [0.1, 0.15) is 98.3 Å². The molecule has 62 heavy (non-hydrogen) atoms. The van der Waals surface area contributed by atoms with Crippen LogP contribution in [0.25, 0.3) is 0 Å². The van der Waals surface area contributed by atoms with Crippen LogP contribution >= 0.6 is 0 Å². The number of rotatable bonds is 18. The molecule has 1 fully saturated rings. The largest absolute Gasteiger partial charge is 0.445 e. The fraction of sp³-hybridized carbons (Fsp3) is 0.560. The molecule has 0 spiro atoms. The zero-order valence-corrected chi connectivity index (χ0v) is 40.2. The first-order valence-electron chi connectivity index (χ1n) is 22.5. The van der Waals surface area contributed by atoms with Crippen molar-refractivity contribution < 1.29 is 33.1 Å². The van der Waals surface area contributed by atoms with Gasteiger partial charge in [-0.25, -0.2) is 9.59 Å². The molecule has 12 heteroatoms. The van der Waals surface area contributed by atoms with Crippen LogP contribution in [0.3, 0.4) is 0 Å². The van der Waals surface area contributed by atoms with E-state index in [4.69, 9.17) is 13.9 Å². The highest BCUT2D eigenvalue weighted by Gasteiger charge is 2.43. The monoisotopic (exact) mass is 871 g/mol. The van der Waals surface area contributed by atoms with Gasteiger partial charge in [-0.15, -0.1) is 0 Å². The molecular formula is C50H74N4O7Si. The molecule has 1 aliphatic rings. The summed E-state index contributed by atoms with van der Waals surface area (Å²) >= 11 is 0. The highest BCUT2D eigenvalue weighted by atomic mass is 28.4. The third kappa shape index (κ3) is 15.3. The third-order valence-corrected chi connectivity index (χ3v) is 16.6. The van der Waals surface area contributed by atoms with E-state index in [1.807, 2.05) is 137 Å². The number of amides is 4. The van der Waals surface area contributed by atoms with Crippen LogP contribution in [0.4, 0.5) is 9.59 Å². The summed E-state index contributed by atoms with van der Waals surface area (Å²) in [5.41, 5.74) is 2.20. The van der Waals surface area contributed by atoms with Crippen LogP contribution in [0.15, 0.2) is 91.0 Å². The quantitative estimate of drug-likeness (QED) is 0.122. The van der Waals surface area contributed by atoms with E-state index in [-0.39, 0.29) is 47.9 Å². The van der Waals surface area contributed by atoms with Gasteiger partial charge in [-0.05, 0) is 101 Å². The highest BCUT2D eigenvalue weighted by Crippen LogP contribution is 2.39. The zero-order valence-electron chi connectivity index (χ0n) is 39.2. The Balaban J connectivity index is 1.59. The van der Waals surface area contributed by atoms with Gasteiger partial charge < -0.3 is 34.3 Å². The Morgan fingerprint density at radius 1 is 0.774 bits per heavy atom. The molecule has 0 saturated carbocycles. The number of carbonyl (C=O) groups excluding carboxylic acids is 4. The SMILES string of the molecule is CCN(C(=O)OCc1ccccc1)C1CCN(C(=O)[C@@H](NC(=O)[C@@H](Cc2ccccc2)C[C@@H](O[Si](C)(C)C(C)(C)C)[C@H](Cc2ccccc2)NC(=O)OC(C)(C)C)C(C)C)CC1. The number of nitrogens with one attached hydrogen (secondary N) is 2. The maximum absolute atomic E-state index is 14.9. The van der Waals surface area contributed by atoms with Crippen LogP contribution in [0.5, 0.6) is 0 Å². The summed E-state index contributed by atoms with van der Waals surface area (Å²) in [5.74, 6) is -1.18. The first-order chi connectivity index (χ1) is 29.2. The summed E-state index contributed by atoms with van der Waals surface area (Å²) < 4.78 is 18.7. The van der Waals surface area contributed by atoms with E-state index in [2.05, 4.69) is 44.5 Å². The number of benzene rings is 3. The average Bonchev–Trinajstić information content (AvgIpc) is 3.21. The second-order valence-corrected chi connectivity index (χ2v) is 24.4. The fourth-order valence-corrected chi connectivity index (χ4v) is 9.00. The number of hydrogen-bond donors (Lipinski definition) is 2. The molecule has 1 saturated heterocycles. The van der Waals surface area contributed by atoms with Crippen molar-refractivity contribution in [1.29, 1.82) is 0 Å². The van der Waals surface area contributed by atoms with Gasteiger partial charge in [-0.3, -0.25) is 9.59 Å². The first-order valence-corrected chi connectivity index (χ1v) is 25.4. The molecule has 340 valence electrons. The number of nitrogens with zero attached hydrogens (tertiary/aromatic N) is 2. The van der Waals surface area contributed by atoms with Gasteiger partial charge in [0.2, 0.25) is 11.8 Å². The van der Waals surface area contributed by atoms with Crippen molar-refractivity contribution in [1.82, 2.24) is 20.4 Å². The lowest BCUT2D eigenvalue weighted by atomic mass is 9.88. The molecule has 0 aliphatic carbocycles. The van der Waals surface area contributed by atoms with E-state index in [9.17, 15) is 19.2 Å². The Labute approximate surface area is 372 Å². The van der Waals surface area contributed by atoms with Crippen molar-refractivity contribution in [3.05, 3.63) is 108 Å². The molecule has 11 nitrogen and oxygen atoms in total. The predicted octanol–water partition coefficient (Wildman–Crippen LogP) is 9.55. The van der Waals surface area contributed by atoms with Gasteiger partial charge >= 0.3 is 12.2 Å². The predicted molar refractivity (Wildman–Crippen MR) is 249 cm³/mol. The minimum absolute atomic E-state index is 0.0642. The summed E-state index contributed by atoms with van der Waals surface area (Å²) in [5, 5.41) is 6.23. The standard InChI is InChI=1S/C50H74N4O7Si/c1-12-54(48(58)59-35-39-26-20-15-21-27-39)41-28-30-53(31-29-41)46(56)44(36(2)3)52-45(55)40(32-37-22-16-13-17-23-37)34-43(61-62(10,11)50(7,8)9)42(33-38-24-18-14-19-25-38)51-47(57)60-49(4,5)6/h13-27,36,40-44H,12,28-35H2,1-11H3,(H,51,57)(H,52,55)/t40-,42-,43+,44-/m0/s1. The summed E-state index contributed by atoms with van der Waals surface area (Å²) in [7, 11) is -2.49. The summed E-state index contributed by atoms with van der Waals surface area (Å²) in [4.78, 5) is 59.5. The maximum atomic E-state index is 14.9. The van der Waals surface area contributed by atoms with Crippen LogP contribution < -0.4 is 10.6 Å². The van der Waals surface area contributed by atoms with Gasteiger partial charge in [0.1, 0.15) is 18.2 Å². The number of carbonyl (C=O) groups is 4. The van der Waals surface area contributed by atoms with Crippen LogP contribution in [0.2, 0.25) is 18.1 Å². The second kappa shape index (κ2) is 22.6. The van der Waals surface area contributed by atoms with E-state index in [1.165, 1.54) is 0 Å². The van der Waals surface area contributed by atoms with Crippen molar-refractivity contribution in [3.63, 3.8) is 0 Å². The first kappa shape index (κ1) is 50.0. The topological polar surface area (TPSA) is 127 Å². The van der Waals surface area contributed by atoms with Crippen LogP contribution in [0, 0.1) is 11.8 Å². The summed E-state index contributed by atoms with van der Waals surface area (Å²) in [6.45, 7) is 23.9. The highest BCUT2D eigenvalue weighted by molar-refractivity contribution is 6.74. The number of likely N-dealkylation sites (tertiary alicyclic amines) is 1. The zero-order chi connectivity index (χ0) is 45.7. The van der Waals surface area contributed by atoms with Gasteiger partial charge in [0.15, 0.2) is 8.32 Å².